The van der Waals surface area contributed by atoms with Gasteiger partial charge < -0.3 is 5.32 Å². The predicted octanol–water partition coefficient (Wildman–Crippen LogP) is 3.84. The zero-order chi connectivity index (χ0) is 15.4. The van der Waals surface area contributed by atoms with Crippen LogP contribution in [0.2, 0.25) is 0 Å². The number of hydrogen-bond acceptors (Lipinski definition) is 3. The van der Waals surface area contributed by atoms with Gasteiger partial charge in [0.2, 0.25) is 0 Å². The second-order valence-corrected chi connectivity index (χ2v) is 4.64. The van der Waals surface area contributed by atoms with E-state index >= 15 is 0 Å². The molecule has 0 aliphatic heterocycles. The second kappa shape index (κ2) is 6.30. The molecule has 6 heteroatoms. The standard InChI is InChI=1S/C15H14F2N2O2/c1-10-8-14(15(19(20)21)9-13(10)17)18-7-6-11-4-2-3-5-12(11)16/h2-5,8-9,18H,6-7H2,1H3. The van der Waals surface area contributed by atoms with Crippen LogP contribution in [0.5, 0.6) is 0 Å². The molecular formula is C15H14F2N2O2. The van der Waals surface area contributed by atoms with Crippen molar-refractivity contribution in [1.29, 1.82) is 0 Å². The molecule has 0 heterocycles. The summed E-state index contributed by atoms with van der Waals surface area (Å²) in [6, 6.07) is 8.61. The fourth-order valence-electron chi connectivity index (χ4n) is 2.00. The molecule has 0 fully saturated rings. The van der Waals surface area contributed by atoms with E-state index in [0.29, 0.717) is 24.1 Å². The number of halogens is 2. The summed E-state index contributed by atoms with van der Waals surface area (Å²) in [6.45, 7) is 1.84. The summed E-state index contributed by atoms with van der Waals surface area (Å²) < 4.78 is 26.8. The number of rotatable bonds is 5. The molecule has 2 aromatic rings. The van der Waals surface area contributed by atoms with Crippen molar-refractivity contribution in [2.24, 2.45) is 0 Å². The minimum absolute atomic E-state index is 0.232. The fourth-order valence-corrected chi connectivity index (χ4v) is 2.00. The molecule has 110 valence electrons. The molecule has 0 radical (unpaired) electrons. The van der Waals surface area contributed by atoms with Crippen LogP contribution in [0.4, 0.5) is 20.2 Å². The lowest BCUT2D eigenvalue weighted by Gasteiger charge is -2.09. The highest BCUT2D eigenvalue weighted by molar-refractivity contribution is 5.63. The molecule has 0 aliphatic rings. The van der Waals surface area contributed by atoms with Gasteiger partial charge in [-0.1, -0.05) is 18.2 Å². The van der Waals surface area contributed by atoms with Gasteiger partial charge in [0, 0.05) is 6.54 Å². The molecule has 0 atom stereocenters. The van der Waals surface area contributed by atoms with E-state index in [2.05, 4.69) is 5.32 Å². The van der Waals surface area contributed by atoms with Crippen LogP contribution < -0.4 is 5.32 Å². The van der Waals surface area contributed by atoms with Gasteiger partial charge in [0.15, 0.2) is 0 Å². The van der Waals surface area contributed by atoms with Gasteiger partial charge in [0.05, 0.1) is 11.0 Å². The lowest BCUT2D eigenvalue weighted by Crippen LogP contribution is -2.08. The quantitative estimate of drug-likeness (QED) is 0.673. The van der Waals surface area contributed by atoms with Gasteiger partial charge in [-0.3, -0.25) is 10.1 Å². The summed E-state index contributed by atoms with van der Waals surface area (Å²) in [6.07, 6.45) is 0.375. The molecule has 21 heavy (non-hydrogen) atoms. The molecule has 0 saturated heterocycles. The van der Waals surface area contributed by atoms with Gasteiger partial charge in [-0.15, -0.1) is 0 Å². The van der Waals surface area contributed by atoms with E-state index in [4.69, 9.17) is 0 Å². The molecule has 0 saturated carbocycles. The molecule has 2 aromatic carbocycles. The number of aryl methyl sites for hydroxylation is 1. The maximum absolute atomic E-state index is 13.5. The third kappa shape index (κ3) is 3.53. The van der Waals surface area contributed by atoms with Crippen molar-refractivity contribution in [2.75, 3.05) is 11.9 Å². The first-order chi connectivity index (χ1) is 9.99. The first-order valence-electron chi connectivity index (χ1n) is 6.41. The van der Waals surface area contributed by atoms with Crippen LogP contribution in [-0.2, 0) is 6.42 Å². The van der Waals surface area contributed by atoms with Crippen molar-refractivity contribution >= 4 is 11.4 Å². The summed E-state index contributed by atoms with van der Waals surface area (Å²) in [7, 11) is 0. The van der Waals surface area contributed by atoms with E-state index in [9.17, 15) is 18.9 Å². The number of nitrogens with zero attached hydrogens (tertiary/aromatic N) is 1. The Morgan fingerprint density at radius 2 is 1.90 bits per heavy atom. The zero-order valence-corrected chi connectivity index (χ0v) is 11.4. The molecule has 0 spiro atoms. The van der Waals surface area contributed by atoms with Crippen molar-refractivity contribution in [1.82, 2.24) is 0 Å². The highest BCUT2D eigenvalue weighted by Crippen LogP contribution is 2.27. The highest BCUT2D eigenvalue weighted by atomic mass is 19.1. The van der Waals surface area contributed by atoms with Crippen LogP contribution in [0.3, 0.4) is 0 Å². The van der Waals surface area contributed by atoms with Crippen molar-refractivity contribution in [3.8, 4) is 0 Å². The Morgan fingerprint density at radius 1 is 1.19 bits per heavy atom. The Hall–Kier alpha value is -2.50. The van der Waals surface area contributed by atoms with E-state index < -0.39 is 10.7 Å². The molecule has 4 nitrogen and oxygen atoms in total. The summed E-state index contributed by atoms with van der Waals surface area (Å²) in [5.74, 6) is -0.939. The first-order valence-corrected chi connectivity index (χ1v) is 6.41. The SMILES string of the molecule is Cc1cc(NCCc2ccccc2F)c([N+](=O)[O-])cc1F. The van der Waals surface area contributed by atoms with Crippen LogP contribution in [-0.4, -0.2) is 11.5 Å². The van der Waals surface area contributed by atoms with E-state index in [-0.39, 0.29) is 17.2 Å². The summed E-state index contributed by atoms with van der Waals surface area (Å²) in [5.41, 5.74) is 0.738. The topological polar surface area (TPSA) is 55.2 Å². The predicted molar refractivity (Wildman–Crippen MR) is 76.4 cm³/mol. The normalized spacial score (nSPS) is 10.4. The third-order valence-electron chi connectivity index (χ3n) is 3.14. The van der Waals surface area contributed by atoms with Crippen LogP contribution in [0.1, 0.15) is 11.1 Å². The van der Waals surface area contributed by atoms with Gasteiger partial charge >= 0.3 is 0 Å². The molecule has 1 N–H and O–H groups in total. The van der Waals surface area contributed by atoms with Gasteiger partial charge in [0.1, 0.15) is 17.3 Å². The van der Waals surface area contributed by atoms with Gasteiger partial charge in [-0.25, -0.2) is 8.78 Å². The Kier molecular flexibility index (Phi) is 4.47. The number of nitrogens with one attached hydrogen (secondary N) is 1. The smallest absolute Gasteiger partial charge is 0.295 e. The molecule has 0 unspecified atom stereocenters. The average molecular weight is 292 g/mol. The van der Waals surface area contributed by atoms with Crippen LogP contribution in [0.15, 0.2) is 36.4 Å². The van der Waals surface area contributed by atoms with E-state index in [1.54, 1.807) is 18.2 Å². The van der Waals surface area contributed by atoms with E-state index in [1.165, 1.54) is 19.1 Å². The van der Waals surface area contributed by atoms with E-state index in [1.807, 2.05) is 0 Å². The maximum Gasteiger partial charge on any atom is 0.295 e. The average Bonchev–Trinajstić information content (AvgIpc) is 2.44. The van der Waals surface area contributed by atoms with Crippen LogP contribution in [0.25, 0.3) is 0 Å². The van der Waals surface area contributed by atoms with Gasteiger partial charge in [-0.05, 0) is 36.6 Å². The molecule has 2 rings (SSSR count). The van der Waals surface area contributed by atoms with E-state index in [0.717, 1.165) is 6.07 Å². The summed E-state index contributed by atoms with van der Waals surface area (Å²) in [4.78, 5) is 10.3. The van der Waals surface area contributed by atoms with Crippen molar-refractivity contribution < 1.29 is 13.7 Å². The number of hydrogen-bond donors (Lipinski definition) is 1. The van der Waals surface area contributed by atoms with Gasteiger partial charge in [0.25, 0.3) is 5.69 Å². The molecule has 0 amide bonds. The molecular weight excluding hydrogens is 278 g/mol. The number of nitro groups is 1. The Morgan fingerprint density at radius 3 is 2.57 bits per heavy atom. The largest absolute Gasteiger partial charge is 0.379 e. The van der Waals surface area contributed by atoms with Gasteiger partial charge in [-0.2, -0.15) is 0 Å². The lowest BCUT2D eigenvalue weighted by atomic mass is 10.1. The number of nitro benzene ring substituents is 1. The number of benzene rings is 2. The first kappa shape index (κ1) is 14.9. The minimum atomic E-state index is -0.645. The maximum atomic E-state index is 13.5. The fraction of sp³-hybridized carbons (Fsp3) is 0.200. The Balaban J connectivity index is 2.11. The minimum Gasteiger partial charge on any atom is -0.379 e. The molecule has 0 aliphatic carbocycles. The Bertz CT molecular complexity index is 675. The summed E-state index contributed by atoms with van der Waals surface area (Å²) >= 11 is 0. The van der Waals surface area contributed by atoms with Crippen LogP contribution in [0, 0.1) is 28.7 Å². The number of anilines is 1. The van der Waals surface area contributed by atoms with Crippen molar-refractivity contribution in [3.05, 3.63) is 69.3 Å². The second-order valence-electron chi connectivity index (χ2n) is 4.64. The Labute approximate surface area is 120 Å². The zero-order valence-electron chi connectivity index (χ0n) is 11.4. The van der Waals surface area contributed by atoms with Crippen LogP contribution >= 0.6 is 0 Å². The monoisotopic (exact) mass is 292 g/mol. The molecule has 0 bridgehead atoms. The third-order valence-corrected chi connectivity index (χ3v) is 3.14. The molecule has 0 aromatic heterocycles. The van der Waals surface area contributed by atoms with Crippen molar-refractivity contribution in [2.45, 2.75) is 13.3 Å². The van der Waals surface area contributed by atoms with Crippen molar-refractivity contribution in [3.63, 3.8) is 0 Å². The summed E-state index contributed by atoms with van der Waals surface area (Å²) in [5, 5.41) is 13.8. The highest BCUT2D eigenvalue weighted by Gasteiger charge is 2.16. The lowest BCUT2D eigenvalue weighted by molar-refractivity contribution is -0.384.